The van der Waals surface area contributed by atoms with Gasteiger partial charge in [-0.05, 0) is 83.1 Å². The van der Waals surface area contributed by atoms with E-state index in [4.69, 9.17) is 0 Å². The minimum atomic E-state index is -4.84. The molecule has 216 valence electrons. The molecule has 1 unspecified atom stereocenters. The van der Waals surface area contributed by atoms with Crippen LogP contribution in [0.4, 0.5) is 28.0 Å². The average molecular weight is 570 g/mol. The summed E-state index contributed by atoms with van der Waals surface area (Å²) in [5.41, 5.74) is -0.251. The van der Waals surface area contributed by atoms with Crippen molar-refractivity contribution in [2.45, 2.75) is 64.7 Å². The number of thiazole rings is 1. The molecule has 1 fully saturated rings. The molecule has 1 N–H and O–H groups in total. The van der Waals surface area contributed by atoms with Gasteiger partial charge in [0.25, 0.3) is 0 Å². The molecule has 0 spiro atoms. The minimum Gasteiger partial charge on any atom is -0.320 e. The van der Waals surface area contributed by atoms with Crippen molar-refractivity contribution in [2.75, 3.05) is 45.6 Å². The lowest BCUT2D eigenvalue weighted by Crippen LogP contribution is -2.47. The zero-order valence-corrected chi connectivity index (χ0v) is 24.0. The highest BCUT2D eigenvalue weighted by atomic mass is 32.1. The number of amides is 2. The standard InChI is InChI=1S/C26H33F4N5OS.C2H6/c1-33(2)17-24-31-16-23(37-24)18-5-8-20(9-6-18)35(14-13-34-11-3-4-12-34)25(36)32-19-7-10-22(27)21(15-19)26(28,29)30;1-2/h5,7,10,15-16,20H,3-4,6,8-9,11-14,17H2,1-2H3,(H,32,36);1-2H3. The van der Waals surface area contributed by atoms with Crippen LogP contribution in [0.3, 0.4) is 0 Å². The van der Waals surface area contributed by atoms with Gasteiger partial charge in [0.15, 0.2) is 0 Å². The Hall–Kier alpha value is -2.50. The number of nitrogens with one attached hydrogen (secondary N) is 1. The zero-order chi connectivity index (χ0) is 28.6. The molecule has 1 aromatic carbocycles. The predicted octanol–water partition coefficient (Wildman–Crippen LogP) is 6.95. The second-order valence-corrected chi connectivity index (χ2v) is 11.0. The fraction of sp³-hybridized carbons (Fsp3) is 0.571. The minimum absolute atomic E-state index is 0.0741. The maximum atomic E-state index is 13.7. The molecule has 1 atom stereocenters. The molecule has 1 aliphatic heterocycles. The maximum absolute atomic E-state index is 13.7. The number of rotatable bonds is 8. The van der Waals surface area contributed by atoms with E-state index >= 15 is 0 Å². The van der Waals surface area contributed by atoms with E-state index < -0.39 is 23.6 Å². The Morgan fingerprint density at radius 3 is 2.54 bits per heavy atom. The van der Waals surface area contributed by atoms with Crippen LogP contribution in [0.1, 0.15) is 61.4 Å². The number of hydrogen-bond donors (Lipinski definition) is 1. The summed E-state index contributed by atoms with van der Waals surface area (Å²) < 4.78 is 53.2. The lowest BCUT2D eigenvalue weighted by molar-refractivity contribution is -0.139. The number of nitrogens with zero attached hydrogens (tertiary/aromatic N) is 4. The monoisotopic (exact) mass is 569 g/mol. The molecule has 1 aromatic heterocycles. The van der Waals surface area contributed by atoms with Crippen LogP contribution < -0.4 is 5.32 Å². The molecule has 0 saturated carbocycles. The molecule has 2 amide bonds. The van der Waals surface area contributed by atoms with Crippen molar-refractivity contribution in [1.29, 1.82) is 0 Å². The van der Waals surface area contributed by atoms with Gasteiger partial charge in [-0.3, -0.25) is 0 Å². The molecule has 0 radical (unpaired) electrons. The molecule has 6 nitrogen and oxygen atoms in total. The number of anilines is 1. The van der Waals surface area contributed by atoms with Gasteiger partial charge in [-0.15, -0.1) is 11.3 Å². The number of carbonyl (C=O) groups excluding carboxylic acids is 1. The molecular formula is C28H39F4N5OS. The van der Waals surface area contributed by atoms with Gasteiger partial charge < -0.3 is 20.0 Å². The highest BCUT2D eigenvalue weighted by molar-refractivity contribution is 7.12. The molecule has 4 rings (SSSR count). The van der Waals surface area contributed by atoms with E-state index in [0.717, 1.165) is 67.3 Å². The Labute approximate surface area is 232 Å². The highest BCUT2D eigenvalue weighted by Crippen LogP contribution is 2.34. The average Bonchev–Trinajstić information content (AvgIpc) is 3.58. The van der Waals surface area contributed by atoms with E-state index in [0.29, 0.717) is 25.6 Å². The fourth-order valence-electron chi connectivity index (χ4n) is 4.85. The summed E-state index contributed by atoms with van der Waals surface area (Å²) in [4.78, 5) is 25.1. The van der Waals surface area contributed by atoms with Crippen molar-refractivity contribution in [1.82, 2.24) is 19.7 Å². The van der Waals surface area contributed by atoms with Crippen molar-refractivity contribution in [3.63, 3.8) is 0 Å². The van der Waals surface area contributed by atoms with Crippen molar-refractivity contribution >= 4 is 28.6 Å². The van der Waals surface area contributed by atoms with Gasteiger partial charge in [0, 0.05) is 37.6 Å². The first-order chi connectivity index (χ1) is 18.6. The summed E-state index contributed by atoms with van der Waals surface area (Å²) in [6.07, 6.45) is 3.66. The third-order valence-corrected chi connectivity index (χ3v) is 7.84. The first-order valence-corrected chi connectivity index (χ1v) is 14.4. The third kappa shape index (κ3) is 8.74. The largest absolute Gasteiger partial charge is 0.419 e. The Bertz CT molecular complexity index is 1110. The van der Waals surface area contributed by atoms with Gasteiger partial charge in [-0.1, -0.05) is 19.9 Å². The van der Waals surface area contributed by atoms with Crippen molar-refractivity contribution in [3.05, 3.63) is 51.7 Å². The number of halogens is 4. The summed E-state index contributed by atoms with van der Waals surface area (Å²) in [6, 6.07) is 2.01. The topological polar surface area (TPSA) is 51.7 Å². The number of aromatic nitrogens is 1. The normalized spacial score (nSPS) is 18.0. The lowest BCUT2D eigenvalue weighted by Gasteiger charge is -2.35. The second-order valence-electron chi connectivity index (χ2n) is 9.88. The van der Waals surface area contributed by atoms with Crippen LogP contribution in [0, 0.1) is 5.82 Å². The number of likely N-dealkylation sites (tertiary alicyclic amines) is 1. The Morgan fingerprint density at radius 1 is 1.21 bits per heavy atom. The SMILES string of the molecule is CC.CN(C)Cc1ncc(C2=CCC(N(CCN3CCCC3)C(=O)Nc3ccc(F)c(C(F)(F)F)c3)CC2)s1. The molecular weight excluding hydrogens is 530 g/mol. The molecule has 0 bridgehead atoms. The second kappa shape index (κ2) is 14.2. The molecule has 11 heteroatoms. The van der Waals surface area contributed by atoms with E-state index in [2.05, 4.69) is 26.2 Å². The van der Waals surface area contributed by atoms with Gasteiger partial charge in [0.05, 0.1) is 10.4 Å². The first kappa shape index (κ1) is 31.0. The summed E-state index contributed by atoms with van der Waals surface area (Å²) in [5.74, 6) is -1.36. The third-order valence-electron chi connectivity index (χ3n) is 6.79. The Kier molecular flexibility index (Phi) is 11.3. The maximum Gasteiger partial charge on any atom is 0.419 e. The molecule has 1 aliphatic carbocycles. The van der Waals surface area contributed by atoms with Crippen LogP contribution in [0.5, 0.6) is 0 Å². The van der Waals surface area contributed by atoms with Crippen LogP contribution in [0.2, 0.25) is 0 Å². The van der Waals surface area contributed by atoms with E-state index in [1.807, 2.05) is 34.1 Å². The van der Waals surface area contributed by atoms with Gasteiger partial charge >= 0.3 is 12.2 Å². The number of urea groups is 1. The first-order valence-electron chi connectivity index (χ1n) is 13.6. The van der Waals surface area contributed by atoms with Gasteiger partial charge in [0.1, 0.15) is 10.8 Å². The molecule has 2 heterocycles. The Morgan fingerprint density at radius 2 is 1.92 bits per heavy atom. The molecule has 1 saturated heterocycles. The quantitative estimate of drug-likeness (QED) is 0.350. The van der Waals surface area contributed by atoms with Crippen LogP contribution in [-0.2, 0) is 12.7 Å². The number of carbonyl (C=O) groups is 1. The molecule has 39 heavy (non-hydrogen) atoms. The summed E-state index contributed by atoms with van der Waals surface area (Å²) in [6.45, 7) is 7.93. The van der Waals surface area contributed by atoms with Crippen LogP contribution in [-0.4, -0.2) is 72.0 Å². The molecule has 2 aliphatic rings. The summed E-state index contributed by atoms with van der Waals surface area (Å²) in [5, 5.41) is 3.64. The predicted molar refractivity (Wildman–Crippen MR) is 149 cm³/mol. The van der Waals surface area contributed by atoms with Crippen LogP contribution >= 0.6 is 11.3 Å². The number of benzene rings is 1. The summed E-state index contributed by atoms with van der Waals surface area (Å²) in [7, 11) is 4.01. The van der Waals surface area contributed by atoms with Crippen LogP contribution in [0.15, 0.2) is 30.5 Å². The zero-order valence-electron chi connectivity index (χ0n) is 23.2. The number of hydrogen-bond acceptors (Lipinski definition) is 5. The highest BCUT2D eigenvalue weighted by Gasteiger charge is 2.35. The molecule has 2 aromatic rings. The van der Waals surface area contributed by atoms with E-state index in [9.17, 15) is 22.4 Å². The van der Waals surface area contributed by atoms with Crippen molar-refractivity contribution < 1.29 is 22.4 Å². The number of alkyl halides is 3. The summed E-state index contributed by atoms with van der Waals surface area (Å²) >= 11 is 1.67. The van der Waals surface area contributed by atoms with E-state index in [1.54, 1.807) is 16.2 Å². The van der Waals surface area contributed by atoms with Crippen molar-refractivity contribution in [3.8, 4) is 0 Å². The Balaban J connectivity index is 0.00000205. The van der Waals surface area contributed by atoms with Gasteiger partial charge in [-0.25, -0.2) is 14.2 Å². The fourth-order valence-corrected chi connectivity index (χ4v) is 5.95. The van der Waals surface area contributed by atoms with Gasteiger partial charge in [-0.2, -0.15) is 13.2 Å². The number of allylic oxidation sites excluding steroid dienone is 1. The smallest absolute Gasteiger partial charge is 0.320 e. The van der Waals surface area contributed by atoms with E-state index in [1.165, 1.54) is 5.57 Å². The van der Waals surface area contributed by atoms with E-state index in [-0.39, 0.29) is 11.7 Å². The lowest BCUT2D eigenvalue weighted by atomic mass is 9.93. The van der Waals surface area contributed by atoms with Crippen molar-refractivity contribution in [2.24, 2.45) is 0 Å². The van der Waals surface area contributed by atoms with Crippen LogP contribution in [0.25, 0.3) is 5.57 Å². The van der Waals surface area contributed by atoms with Gasteiger partial charge in [0.2, 0.25) is 0 Å².